The summed E-state index contributed by atoms with van der Waals surface area (Å²) in [5, 5.41) is 5.68. The van der Waals surface area contributed by atoms with Crippen LogP contribution < -0.4 is 10.6 Å². The van der Waals surface area contributed by atoms with Crippen molar-refractivity contribution in [1.82, 2.24) is 9.97 Å². The largest absolute Gasteiger partial charge is 0.376 e. The van der Waals surface area contributed by atoms with Crippen LogP contribution in [0.1, 0.15) is 0 Å². The number of para-hydroxylation sites is 1. The molecule has 2 N–H and O–H groups in total. The van der Waals surface area contributed by atoms with E-state index >= 15 is 0 Å². The van der Waals surface area contributed by atoms with Crippen LogP contribution in [-0.4, -0.2) is 22.4 Å². The van der Waals surface area contributed by atoms with E-state index in [1.54, 1.807) is 0 Å². The highest BCUT2D eigenvalue weighted by atomic mass is 79.9. The average molecular weight is 386 g/mol. The zero-order valence-corrected chi connectivity index (χ0v) is 12.9. The second-order valence-corrected chi connectivity index (χ2v) is 5.16. The van der Waals surface area contributed by atoms with Crippen molar-refractivity contribution in [2.45, 2.75) is 0 Å². The summed E-state index contributed by atoms with van der Waals surface area (Å²) in [4.78, 5) is 19.9. The predicted octanol–water partition coefficient (Wildman–Crippen LogP) is 3.05. The van der Waals surface area contributed by atoms with Crippen molar-refractivity contribution >= 4 is 49.3 Å². The normalized spacial score (nSPS) is 10.0. The molecule has 19 heavy (non-hydrogen) atoms. The van der Waals surface area contributed by atoms with E-state index in [2.05, 4.69) is 52.5 Å². The first-order valence-corrected chi connectivity index (χ1v) is 7.00. The summed E-state index contributed by atoms with van der Waals surface area (Å²) >= 11 is 6.43. The van der Waals surface area contributed by atoms with Crippen molar-refractivity contribution < 1.29 is 4.79 Å². The first kappa shape index (κ1) is 14.0. The Morgan fingerprint density at radius 3 is 2.63 bits per heavy atom. The molecule has 2 rings (SSSR count). The molecule has 1 amide bonds. The molecule has 0 bridgehead atoms. The van der Waals surface area contributed by atoms with E-state index in [-0.39, 0.29) is 12.5 Å². The molecule has 5 nitrogen and oxygen atoms in total. The van der Waals surface area contributed by atoms with Gasteiger partial charge in [-0.1, -0.05) is 18.2 Å². The van der Waals surface area contributed by atoms with Crippen LogP contribution in [0.4, 0.5) is 11.5 Å². The molecule has 0 atom stereocenters. The molecule has 0 unspecified atom stereocenters. The summed E-state index contributed by atoms with van der Waals surface area (Å²) in [5.41, 5.74) is 0.888. The zero-order chi connectivity index (χ0) is 13.7. The molecule has 2 aromatic rings. The van der Waals surface area contributed by atoms with E-state index < -0.39 is 0 Å². The Morgan fingerprint density at radius 1 is 1.21 bits per heavy atom. The van der Waals surface area contributed by atoms with Gasteiger partial charge in [-0.3, -0.25) is 4.79 Å². The Balaban J connectivity index is 1.91. The molecular weight excluding hydrogens is 376 g/mol. The smallest absolute Gasteiger partial charge is 0.244 e. The molecule has 0 aliphatic heterocycles. The lowest BCUT2D eigenvalue weighted by Crippen LogP contribution is -2.22. The molecule has 0 radical (unpaired) electrons. The topological polar surface area (TPSA) is 66.9 Å². The van der Waals surface area contributed by atoms with Gasteiger partial charge in [-0.05, 0) is 44.0 Å². The lowest BCUT2D eigenvalue weighted by molar-refractivity contribution is -0.114. The number of hydrogen-bond acceptors (Lipinski definition) is 4. The highest BCUT2D eigenvalue weighted by Gasteiger charge is 2.08. The zero-order valence-electron chi connectivity index (χ0n) is 9.73. The first-order chi connectivity index (χ1) is 9.15. The number of halogens is 2. The second kappa shape index (κ2) is 6.63. The first-order valence-electron chi connectivity index (χ1n) is 5.42. The number of nitrogens with one attached hydrogen (secondary N) is 2. The van der Waals surface area contributed by atoms with Crippen LogP contribution in [-0.2, 0) is 4.79 Å². The predicted molar refractivity (Wildman–Crippen MR) is 81.0 cm³/mol. The number of amides is 1. The van der Waals surface area contributed by atoms with E-state index in [1.807, 2.05) is 30.3 Å². The number of carbonyl (C=O) groups is 1. The SMILES string of the molecule is O=C(CNc1ccccc1)Nc1ncc(Br)nc1Br. The van der Waals surface area contributed by atoms with Crippen LogP contribution in [0.15, 0.2) is 45.7 Å². The van der Waals surface area contributed by atoms with E-state index in [1.165, 1.54) is 6.20 Å². The van der Waals surface area contributed by atoms with Crippen molar-refractivity contribution in [2.75, 3.05) is 17.2 Å². The Morgan fingerprint density at radius 2 is 1.95 bits per heavy atom. The van der Waals surface area contributed by atoms with Crippen LogP contribution in [0.25, 0.3) is 0 Å². The van der Waals surface area contributed by atoms with Gasteiger partial charge in [-0.15, -0.1) is 0 Å². The van der Waals surface area contributed by atoms with Gasteiger partial charge in [0.25, 0.3) is 0 Å². The Kier molecular flexibility index (Phi) is 4.86. The molecule has 0 aliphatic carbocycles. The van der Waals surface area contributed by atoms with Crippen molar-refractivity contribution in [3.8, 4) is 0 Å². The van der Waals surface area contributed by atoms with Gasteiger partial charge in [0, 0.05) is 5.69 Å². The lowest BCUT2D eigenvalue weighted by Gasteiger charge is -2.08. The molecule has 98 valence electrons. The maximum Gasteiger partial charge on any atom is 0.244 e. The molecular formula is C12H10Br2N4O. The van der Waals surface area contributed by atoms with Crippen molar-refractivity contribution in [3.05, 3.63) is 45.7 Å². The molecule has 0 aliphatic rings. The molecule has 0 spiro atoms. The lowest BCUT2D eigenvalue weighted by atomic mass is 10.3. The van der Waals surface area contributed by atoms with E-state index in [9.17, 15) is 4.79 Å². The number of anilines is 2. The van der Waals surface area contributed by atoms with E-state index in [4.69, 9.17) is 0 Å². The monoisotopic (exact) mass is 384 g/mol. The number of nitrogens with zero attached hydrogens (tertiary/aromatic N) is 2. The maximum atomic E-state index is 11.7. The minimum Gasteiger partial charge on any atom is -0.376 e. The molecule has 0 saturated heterocycles. The molecule has 0 saturated carbocycles. The number of carbonyl (C=O) groups excluding carboxylic acids is 1. The number of rotatable bonds is 4. The molecule has 1 aromatic carbocycles. The summed E-state index contributed by atoms with van der Waals surface area (Å²) in [6.07, 6.45) is 1.52. The van der Waals surface area contributed by atoms with Gasteiger partial charge in [-0.2, -0.15) is 0 Å². The Labute approximate surface area is 127 Å². The molecule has 0 fully saturated rings. The fraction of sp³-hybridized carbons (Fsp3) is 0.0833. The van der Waals surface area contributed by atoms with Gasteiger partial charge < -0.3 is 10.6 Å². The molecule has 1 heterocycles. The van der Waals surface area contributed by atoms with Gasteiger partial charge in [0.05, 0.1) is 12.7 Å². The maximum absolute atomic E-state index is 11.7. The van der Waals surface area contributed by atoms with E-state index in [0.717, 1.165) is 5.69 Å². The van der Waals surface area contributed by atoms with Crippen LogP contribution >= 0.6 is 31.9 Å². The minimum absolute atomic E-state index is 0.161. The number of benzene rings is 1. The third-order valence-corrected chi connectivity index (χ3v) is 3.12. The summed E-state index contributed by atoms with van der Waals surface area (Å²) in [7, 11) is 0. The standard InChI is InChI=1S/C12H10Br2N4O/c13-9-6-16-12(11(14)17-9)18-10(19)7-15-8-4-2-1-3-5-8/h1-6,15H,7H2,(H,16,18,19). The fourth-order valence-corrected chi connectivity index (χ4v) is 2.26. The van der Waals surface area contributed by atoms with Gasteiger partial charge in [0.15, 0.2) is 5.82 Å². The number of hydrogen-bond donors (Lipinski definition) is 2. The minimum atomic E-state index is -0.193. The highest BCUT2D eigenvalue weighted by Crippen LogP contribution is 2.19. The summed E-state index contributed by atoms with van der Waals surface area (Å²) < 4.78 is 1.08. The van der Waals surface area contributed by atoms with E-state index in [0.29, 0.717) is 15.0 Å². The van der Waals surface area contributed by atoms with Gasteiger partial charge >= 0.3 is 0 Å². The third-order valence-electron chi connectivity index (χ3n) is 2.19. The summed E-state index contributed by atoms with van der Waals surface area (Å²) in [6.45, 7) is 0.161. The third kappa shape index (κ3) is 4.29. The fourth-order valence-electron chi connectivity index (χ4n) is 1.35. The quantitative estimate of drug-likeness (QED) is 0.848. The number of aromatic nitrogens is 2. The van der Waals surface area contributed by atoms with Gasteiger partial charge in [0.2, 0.25) is 5.91 Å². The Hall–Kier alpha value is -1.47. The molecule has 7 heteroatoms. The van der Waals surface area contributed by atoms with Crippen LogP contribution in [0.2, 0.25) is 0 Å². The summed E-state index contributed by atoms with van der Waals surface area (Å²) in [6, 6.07) is 9.50. The average Bonchev–Trinajstić information content (AvgIpc) is 2.41. The highest BCUT2D eigenvalue weighted by molar-refractivity contribution is 9.11. The van der Waals surface area contributed by atoms with Crippen LogP contribution in [0.5, 0.6) is 0 Å². The van der Waals surface area contributed by atoms with Crippen LogP contribution in [0.3, 0.4) is 0 Å². The van der Waals surface area contributed by atoms with Gasteiger partial charge in [-0.25, -0.2) is 9.97 Å². The molecule has 1 aromatic heterocycles. The van der Waals surface area contributed by atoms with Crippen molar-refractivity contribution in [1.29, 1.82) is 0 Å². The van der Waals surface area contributed by atoms with Gasteiger partial charge in [0.1, 0.15) is 9.21 Å². The second-order valence-electron chi connectivity index (χ2n) is 3.60. The van der Waals surface area contributed by atoms with Crippen molar-refractivity contribution in [2.24, 2.45) is 0 Å². The summed E-state index contributed by atoms with van der Waals surface area (Å²) in [5.74, 6) is 0.198. The van der Waals surface area contributed by atoms with Crippen LogP contribution in [0, 0.1) is 0 Å². The van der Waals surface area contributed by atoms with Crippen molar-refractivity contribution in [3.63, 3.8) is 0 Å². The Bertz CT molecular complexity index is 577.